The van der Waals surface area contributed by atoms with Crippen LogP contribution in [0.4, 0.5) is 5.69 Å². The standard InChI is InChI=1S/C22H27N3O6S/c1-13(14-4-5-16-9-17(25(2)3)7-6-15(16)8-14)20(10-23)32(29,30)24-18-12-31-19(11-26)22(28)21(18)27/h4-9,18-19,21-22,24,26-28H,11-12H2,1-3H3. The molecule has 4 atom stereocenters. The molecule has 4 unspecified atom stereocenters. The SMILES string of the molecule is CC(=C(C#N)S(=O)(=O)NC1COC(CO)C(O)C1O)c1ccc2cc(N(C)C)ccc2c1. The minimum absolute atomic E-state index is 0.249. The number of anilines is 1. The highest BCUT2D eigenvalue weighted by molar-refractivity contribution is 7.93. The van der Waals surface area contributed by atoms with Gasteiger partial charge in [0.15, 0.2) is 4.91 Å². The van der Waals surface area contributed by atoms with Crippen LogP contribution in [0.25, 0.3) is 16.3 Å². The molecule has 1 saturated heterocycles. The molecule has 0 aromatic heterocycles. The van der Waals surface area contributed by atoms with Crippen LogP contribution in [0.15, 0.2) is 41.3 Å². The fourth-order valence-electron chi connectivity index (χ4n) is 3.63. The largest absolute Gasteiger partial charge is 0.394 e. The average molecular weight is 462 g/mol. The van der Waals surface area contributed by atoms with Crippen LogP contribution in [-0.4, -0.2) is 75.4 Å². The van der Waals surface area contributed by atoms with E-state index in [-0.39, 0.29) is 12.2 Å². The van der Waals surface area contributed by atoms with Gasteiger partial charge in [0.05, 0.1) is 19.3 Å². The van der Waals surface area contributed by atoms with Gasteiger partial charge in [-0.15, -0.1) is 0 Å². The van der Waals surface area contributed by atoms with Crippen LogP contribution >= 0.6 is 0 Å². The molecule has 0 amide bonds. The Morgan fingerprint density at radius 2 is 1.84 bits per heavy atom. The molecular weight excluding hydrogens is 434 g/mol. The van der Waals surface area contributed by atoms with Crippen molar-refractivity contribution in [3.05, 3.63) is 46.9 Å². The Labute approximate surface area is 187 Å². The first-order valence-corrected chi connectivity index (χ1v) is 11.5. The Morgan fingerprint density at radius 3 is 2.47 bits per heavy atom. The summed E-state index contributed by atoms with van der Waals surface area (Å²) in [5.41, 5.74) is 1.84. The topological polar surface area (TPSA) is 143 Å². The quantitative estimate of drug-likeness (QED) is 0.457. The lowest BCUT2D eigenvalue weighted by atomic mass is 9.99. The highest BCUT2D eigenvalue weighted by Crippen LogP contribution is 2.28. The molecule has 2 aromatic carbocycles. The van der Waals surface area contributed by atoms with Gasteiger partial charge in [0.1, 0.15) is 24.4 Å². The zero-order valence-corrected chi connectivity index (χ0v) is 18.9. The number of hydrogen-bond acceptors (Lipinski definition) is 8. The van der Waals surface area contributed by atoms with Crippen molar-refractivity contribution >= 4 is 32.1 Å². The van der Waals surface area contributed by atoms with Gasteiger partial charge in [-0.2, -0.15) is 5.26 Å². The summed E-state index contributed by atoms with van der Waals surface area (Å²) in [5.74, 6) is 0. The predicted molar refractivity (Wildman–Crippen MR) is 121 cm³/mol. The second-order valence-corrected chi connectivity index (χ2v) is 9.62. The number of benzene rings is 2. The highest BCUT2D eigenvalue weighted by Gasteiger charge is 2.40. The van der Waals surface area contributed by atoms with Crippen molar-refractivity contribution in [3.8, 4) is 6.07 Å². The molecule has 0 aliphatic carbocycles. The number of hydrogen-bond donors (Lipinski definition) is 4. The minimum atomic E-state index is -4.32. The van der Waals surface area contributed by atoms with E-state index in [1.807, 2.05) is 49.3 Å². The summed E-state index contributed by atoms with van der Waals surface area (Å²) in [7, 11) is -0.441. The molecule has 0 bridgehead atoms. The maximum Gasteiger partial charge on any atom is 0.251 e. The monoisotopic (exact) mass is 461 g/mol. The summed E-state index contributed by atoms with van der Waals surface area (Å²) in [6.07, 6.45) is -3.98. The highest BCUT2D eigenvalue weighted by atomic mass is 32.2. The Morgan fingerprint density at radius 1 is 1.19 bits per heavy atom. The van der Waals surface area contributed by atoms with Gasteiger partial charge in [-0.3, -0.25) is 0 Å². The fourth-order valence-corrected chi connectivity index (χ4v) is 4.99. The van der Waals surface area contributed by atoms with Crippen molar-refractivity contribution in [3.63, 3.8) is 0 Å². The van der Waals surface area contributed by atoms with Crippen molar-refractivity contribution < 1.29 is 28.5 Å². The molecule has 4 N–H and O–H groups in total. The number of rotatable bonds is 6. The number of sulfonamides is 1. The summed E-state index contributed by atoms with van der Waals surface area (Å²) in [4.78, 5) is 1.49. The molecule has 10 heteroatoms. The van der Waals surface area contributed by atoms with E-state index >= 15 is 0 Å². The molecule has 0 spiro atoms. The van der Waals surface area contributed by atoms with E-state index in [1.54, 1.807) is 12.1 Å². The number of allylic oxidation sites excluding steroid dienone is 2. The van der Waals surface area contributed by atoms with Gasteiger partial charge in [0, 0.05) is 19.8 Å². The summed E-state index contributed by atoms with van der Waals surface area (Å²) < 4.78 is 33.3. The molecule has 0 radical (unpaired) electrons. The van der Waals surface area contributed by atoms with Crippen molar-refractivity contribution in [2.24, 2.45) is 0 Å². The molecule has 172 valence electrons. The number of fused-ring (bicyclic) bond motifs is 1. The van der Waals surface area contributed by atoms with Gasteiger partial charge >= 0.3 is 0 Å². The van der Waals surface area contributed by atoms with Crippen LogP contribution in [0, 0.1) is 11.3 Å². The summed E-state index contributed by atoms with van der Waals surface area (Å²) in [6.45, 7) is 0.764. The molecule has 1 aliphatic rings. The second-order valence-electron chi connectivity index (χ2n) is 7.97. The van der Waals surface area contributed by atoms with E-state index in [9.17, 15) is 23.9 Å². The number of nitrogens with one attached hydrogen (secondary N) is 1. The average Bonchev–Trinajstić information content (AvgIpc) is 2.76. The second kappa shape index (κ2) is 9.54. The molecule has 9 nitrogen and oxygen atoms in total. The molecule has 0 saturated carbocycles. The maximum absolute atomic E-state index is 12.9. The molecule has 1 fully saturated rings. The van der Waals surface area contributed by atoms with Crippen LogP contribution < -0.4 is 9.62 Å². The lowest BCUT2D eigenvalue weighted by molar-refractivity contribution is -0.158. The minimum Gasteiger partial charge on any atom is -0.394 e. The maximum atomic E-state index is 12.9. The Kier molecular flexibility index (Phi) is 7.19. The van der Waals surface area contributed by atoms with E-state index in [2.05, 4.69) is 4.72 Å². The Balaban J connectivity index is 1.92. The number of aliphatic hydroxyl groups is 3. The van der Waals surface area contributed by atoms with Crippen molar-refractivity contribution in [1.82, 2.24) is 4.72 Å². The zero-order chi connectivity index (χ0) is 23.6. The fraction of sp³-hybridized carbons (Fsp3) is 0.409. The smallest absolute Gasteiger partial charge is 0.251 e. The van der Waals surface area contributed by atoms with Crippen molar-refractivity contribution in [2.75, 3.05) is 32.2 Å². The number of nitriles is 1. The van der Waals surface area contributed by atoms with Crippen LogP contribution in [0.2, 0.25) is 0 Å². The lowest BCUT2D eigenvalue weighted by Crippen LogP contribution is -2.59. The van der Waals surface area contributed by atoms with E-state index in [0.717, 1.165) is 16.5 Å². The molecule has 3 rings (SSSR count). The molecule has 2 aromatic rings. The van der Waals surface area contributed by atoms with Gasteiger partial charge in [-0.25, -0.2) is 13.1 Å². The van der Waals surface area contributed by atoms with Gasteiger partial charge in [0.2, 0.25) is 0 Å². The predicted octanol–water partition coefficient (Wildman–Crippen LogP) is 0.561. The van der Waals surface area contributed by atoms with Crippen molar-refractivity contribution in [1.29, 1.82) is 5.26 Å². The van der Waals surface area contributed by atoms with Crippen LogP contribution in [-0.2, 0) is 14.8 Å². The first-order chi connectivity index (χ1) is 15.1. The number of ether oxygens (including phenoxy) is 1. The number of aliphatic hydroxyl groups excluding tert-OH is 3. The summed E-state index contributed by atoms with van der Waals surface area (Å²) in [5, 5.41) is 40.9. The third kappa shape index (κ3) is 4.78. The molecule has 32 heavy (non-hydrogen) atoms. The zero-order valence-electron chi connectivity index (χ0n) is 18.1. The van der Waals surface area contributed by atoms with E-state index in [0.29, 0.717) is 5.56 Å². The first-order valence-electron chi connectivity index (χ1n) is 10.0. The van der Waals surface area contributed by atoms with Gasteiger partial charge in [-0.05, 0) is 47.0 Å². The Hall–Kier alpha value is -2.52. The molecule has 1 aliphatic heterocycles. The van der Waals surface area contributed by atoms with Crippen LogP contribution in [0.3, 0.4) is 0 Å². The summed E-state index contributed by atoms with van der Waals surface area (Å²) in [6, 6.07) is 11.9. The van der Waals surface area contributed by atoms with Crippen LogP contribution in [0.1, 0.15) is 12.5 Å². The van der Waals surface area contributed by atoms with Gasteiger partial charge in [0.25, 0.3) is 10.0 Å². The normalized spacial score (nSPS) is 24.7. The Bertz CT molecular complexity index is 1170. The lowest BCUT2D eigenvalue weighted by Gasteiger charge is -2.36. The van der Waals surface area contributed by atoms with Gasteiger partial charge < -0.3 is 25.0 Å². The third-order valence-corrected chi connectivity index (χ3v) is 7.15. The third-order valence-electron chi connectivity index (χ3n) is 5.60. The molecular formula is C22H27N3O6S. The molecule has 1 heterocycles. The van der Waals surface area contributed by atoms with Gasteiger partial charge in [-0.1, -0.05) is 18.2 Å². The van der Waals surface area contributed by atoms with Crippen LogP contribution in [0.5, 0.6) is 0 Å². The first kappa shape index (κ1) is 24.1. The summed E-state index contributed by atoms with van der Waals surface area (Å²) >= 11 is 0. The van der Waals surface area contributed by atoms with Crippen molar-refractivity contribution in [2.45, 2.75) is 31.3 Å². The van der Waals surface area contributed by atoms with E-state index in [1.165, 1.54) is 6.92 Å². The number of nitrogens with zero attached hydrogens (tertiary/aromatic N) is 2. The van der Waals surface area contributed by atoms with E-state index in [4.69, 9.17) is 9.84 Å². The van der Waals surface area contributed by atoms with E-state index < -0.39 is 45.9 Å².